The zero-order chi connectivity index (χ0) is 15.3. The lowest BCUT2D eigenvalue weighted by Crippen LogP contribution is -2.42. The molecule has 2 aliphatic heterocycles. The van der Waals surface area contributed by atoms with Crippen LogP contribution in [0.25, 0.3) is 0 Å². The van der Waals surface area contributed by atoms with Crippen molar-refractivity contribution in [2.45, 2.75) is 44.8 Å². The van der Waals surface area contributed by atoms with E-state index in [9.17, 15) is 13.5 Å². The summed E-state index contributed by atoms with van der Waals surface area (Å²) in [7, 11) is -2.90. The van der Waals surface area contributed by atoms with Gasteiger partial charge >= 0.3 is 0 Å². The van der Waals surface area contributed by atoms with E-state index < -0.39 is 15.4 Å². The van der Waals surface area contributed by atoms with Crippen molar-refractivity contribution in [1.29, 1.82) is 0 Å². The van der Waals surface area contributed by atoms with Crippen molar-refractivity contribution in [2.75, 3.05) is 23.0 Å². The Morgan fingerprint density at radius 3 is 2.76 bits per heavy atom. The Morgan fingerprint density at radius 2 is 2.10 bits per heavy atom. The van der Waals surface area contributed by atoms with Gasteiger partial charge in [0.25, 0.3) is 0 Å². The molecule has 0 aliphatic carbocycles. The molecule has 0 bridgehead atoms. The van der Waals surface area contributed by atoms with Crippen LogP contribution in [0.1, 0.15) is 37.8 Å². The van der Waals surface area contributed by atoms with Gasteiger partial charge in [-0.1, -0.05) is 12.1 Å². The summed E-state index contributed by atoms with van der Waals surface area (Å²) in [6.45, 7) is 4.45. The summed E-state index contributed by atoms with van der Waals surface area (Å²) in [5.74, 6) is 0.590. The lowest BCUT2D eigenvalue weighted by molar-refractivity contribution is 0.0778. The second-order valence-electron chi connectivity index (χ2n) is 6.72. The van der Waals surface area contributed by atoms with Crippen LogP contribution in [0.3, 0.4) is 0 Å². The van der Waals surface area contributed by atoms with Gasteiger partial charge in [0.1, 0.15) is 0 Å². The molecular formula is C16H23NO3S. The van der Waals surface area contributed by atoms with E-state index in [2.05, 4.69) is 11.0 Å². The van der Waals surface area contributed by atoms with Crippen LogP contribution in [0, 0.1) is 0 Å². The monoisotopic (exact) mass is 309 g/mol. The first-order valence-electron chi connectivity index (χ1n) is 7.60. The molecule has 4 nitrogen and oxygen atoms in total. The number of nitrogens with zero attached hydrogens (tertiary/aromatic N) is 1. The summed E-state index contributed by atoms with van der Waals surface area (Å²) in [5.41, 5.74) is 2.38. The molecule has 1 unspecified atom stereocenters. The number of benzene rings is 1. The summed E-state index contributed by atoms with van der Waals surface area (Å²) < 4.78 is 23.8. The minimum absolute atomic E-state index is 0.0852. The molecule has 0 radical (unpaired) electrons. The number of hydrogen-bond donors (Lipinski definition) is 1. The maximum Gasteiger partial charge on any atom is 0.152 e. The largest absolute Gasteiger partial charge is 0.386 e. The highest BCUT2D eigenvalue weighted by molar-refractivity contribution is 7.91. The second-order valence-corrected chi connectivity index (χ2v) is 8.94. The molecule has 5 heteroatoms. The SMILES string of the molecule is CC(C)(O)c1cccc2c1CCN2C1CCCS(=O)(=O)C1. The van der Waals surface area contributed by atoms with Crippen molar-refractivity contribution in [2.24, 2.45) is 0 Å². The van der Waals surface area contributed by atoms with Gasteiger partial charge in [0.05, 0.1) is 17.1 Å². The predicted octanol–water partition coefficient (Wildman–Crippen LogP) is 1.85. The molecule has 0 saturated carbocycles. The van der Waals surface area contributed by atoms with Crippen LogP contribution in [0.4, 0.5) is 5.69 Å². The minimum Gasteiger partial charge on any atom is -0.386 e. The molecule has 2 heterocycles. The van der Waals surface area contributed by atoms with E-state index in [0.29, 0.717) is 5.75 Å². The van der Waals surface area contributed by atoms with Crippen LogP contribution in [0.2, 0.25) is 0 Å². The second kappa shape index (κ2) is 4.99. The molecule has 1 aromatic rings. The zero-order valence-corrected chi connectivity index (χ0v) is 13.5. The number of rotatable bonds is 2. The Kier molecular flexibility index (Phi) is 3.53. The van der Waals surface area contributed by atoms with Crippen molar-refractivity contribution in [1.82, 2.24) is 0 Å². The maximum atomic E-state index is 11.9. The number of aliphatic hydroxyl groups is 1. The number of anilines is 1. The van der Waals surface area contributed by atoms with Crippen molar-refractivity contribution >= 4 is 15.5 Å². The zero-order valence-electron chi connectivity index (χ0n) is 12.7. The average Bonchev–Trinajstić information content (AvgIpc) is 2.79. The molecule has 1 aromatic carbocycles. The van der Waals surface area contributed by atoms with Crippen LogP contribution in [0.15, 0.2) is 18.2 Å². The fourth-order valence-electron chi connectivity index (χ4n) is 3.66. The Balaban J connectivity index is 1.94. The predicted molar refractivity (Wildman–Crippen MR) is 84.4 cm³/mol. The maximum absolute atomic E-state index is 11.9. The van der Waals surface area contributed by atoms with Crippen LogP contribution in [0.5, 0.6) is 0 Å². The van der Waals surface area contributed by atoms with Crippen LogP contribution >= 0.6 is 0 Å². The van der Waals surface area contributed by atoms with Crippen LogP contribution in [-0.2, 0) is 21.9 Å². The molecule has 0 amide bonds. The molecular weight excluding hydrogens is 286 g/mol. The van der Waals surface area contributed by atoms with Gasteiger partial charge in [-0.25, -0.2) is 8.42 Å². The quantitative estimate of drug-likeness (QED) is 0.906. The van der Waals surface area contributed by atoms with Gasteiger partial charge in [-0.05, 0) is 50.3 Å². The summed E-state index contributed by atoms with van der Waals surface area (Å²) in [5, 5.41) is 10.3. The third-order valence-electron chi connectivity index (χ3n) is 4.60. The van der Waals surface area contributed by atoms with Gasteiger partial charge in [-0.15, -0.1) is 0 Å². The standard InChI is InChI=1S/C16H23NO3S/c1-16(2,18)14-6-3-7-15-13(14)8-9-17(15)12-5-4-10-21(19,20)11-12/h3,6-7,12,18H,4-5,8-11H2,1-2H3. The molecule has 2 aliphatic rings. The summed E-state index contributed by atoms with van der Waals surface area (Å²) >= 11 is 0. The lowest BCUT2D eigenvalue weighted by atomic mass is 9.92. The summed E-state index contributed by atoms with van der Waals surface area (Å²) in [6.07, 6.45) is 2.57. The molecule has 21 heavy (non-hydrogen) atoms. The highest BCUT2D eigenvalue weighted by Crippen LogP contribution is 2.38. The molecule has 116 valence electrons. The van der Waals surface area contributed by atoms with Crippen LogP contribution in [-0.4, -0.2) is 37.6 Å². The first-order valence-corrected chi connectivity index (χ1v) is 9.42. The van der Waals surface area contributed by atoms with E-state index in [-0.39, 0.29) is 11.8 Å². The lowest BCUT2D eigenvalue weighted by Gasteiger charge is -2.33. The molecule has 0 spiro atoms. The van der Waals surface area contributed by atoms with Gasteiger partial charge in [0, 0.05) is 18.3 Å². The topological polar surface area (TPSA) is 57.6 Å². The summed E-state index contributed by atoms with van der Waals surface area (Å²) in [4.78, 5) is 2.24. The van der Waals surface area contributed by atoms with E-state index in [0.717, 1.165) is 37.1 Å². The average molecular weight is 309 g/mol. The number of sulfone groups is 1. The minimum atomic E-state index is -2.90. The third kappa shape index (κ3) is 2.81. The van der Waals surface area contributed by atoms with E-state index >= 15 is 0 Å². The van der Waals surface area contributed by atoms with E-state index in [4.69, 9.17) is 0 Å². The van der Waals surface area contributed by atoms with Crippen molar-refractivity contribution in [3.05, 3.63) is 29.3 Å². The summed E-state index contributed by atoms with van der Waals surface area (Å²) in [6, 6.07) is 6.07. The highest BCUT2D eigenvalue weighted by Gasteiger charge is 2.34. The molecule has 1 saturated heterocycles. The van der Waals surface area contributed by atoms with Crippen LogP contribution < -0.4 is 4.90 Å². The van der Waals surface area contributed by atoms with Gasteiger partial charge in [0.2, 0.25) is 0 Å². The van der Waals surface area contributed by atoms with E-state index in [1.54, 1.807) is 13.8 Å². The smallest absolute Gasteiger partial charge is 0.152 e. The highest BCUT2D eigenvalue weighted by atomic mass is 32.2. The first kappa shape index (κ1) is 14.9. The Bertz CT molecular complexity index is 646. The van der Waals surface area contributed by atoms with E-state index in [1.165, 1.54) is 5.56 Å². The molecule has 1 fully saturated rings. The Hall–Kier alpha value is -1.07. The fourth-order valence-corrected chi connectivity index (χ4v) is 5.36. The van der Waals surface area contributed by atoms with Crippen molar-refractivity contribution in [3.8, 4) is 0 Å². The molecule has 1 N–H and O–H groups in total. The Morgan fingerprint density at radius 1 is 1.33 bits per heavy atom. The first-order chi connectivity index (χ1) is 9.78. The fraction of sp³-hybridized carbons (Fsp3) is 0.625. The van der Waals surface area contributed by atoms with Crippen molar-refractivity contribution < 1.29 is 13.5 Å². The van der Waals surface area contributed by atoms with Gasteiger partial charge in [-0.3, -0.25) is 0 Å². The van der Waals surface area contributed by atoms with Gasteiger partial charge in [0.15, 0.2) is 9.84 Å². The van der Waals surface area contributed by atoms with Gasteiger partial charge in [-0.2, -0.15) is 0 Å². The number of hydrogen-bond acceptors (Lipinski definition) is 4. The third-order valence-corrected chi connectivity index (χ3v) is 6.41. The van der Waals surface area contributed by atoms with Crippen molar-refractivity contribution in [3.63, 3.8) is 0 Å². The molecule has 0 aromatic heterocycles. The van der Waals surface area contributed by atoms with Gasteiger partial charge < -0.3 is 10.0 Å². The Labute approximate surface area is 126 Å². The molecule has 3 rings (SSSR count). The normalized spacial score (nSPS) is 24.9. The number of fused-ring (bicyclic) bond motifs is 1. The van der Waals surface area contributed by atoms with E-state index in [1.807, 2.05) is 12.1 Å². The molecule has 1 atom stereocenters.